The van der Waals surface area contributed by atoms with Gasteiger partial charge in [0.1, 0.15) is 0 Å². The first-order valence-electron chi connectivity index (χ1n) is 6.56. The van der Waals surface area contributed by atoms with Gasteiger partial charge in [-0.3, -0.25) is 0 Å². The fraction of sp³-hybridized carbons (Fsp3) is 0.769. The van der Waals surface area contributed by atoms with Crippen molar-refractivity contribution in [2.45, 2.75) is 27.3 Å². The van der Waals surface area contributed by atoms with E-state index in [1.54, 1.807) is 18.4 Å². The maximum absolute atomic E-state index is 5.12. The molecule has 0 spiro atoms. The minimum atomic E-state index is 0.678. The summed E-state index contributed by atoms with van der Waals surface area (Å²) >= 11 is 1.71. The number of methoxy groups -OCH3 is 1. The molecule has 1 rings (SSSR count). The second-order valence-corrected chi connectivity index (χ2v) is 5.56. The molecule has 1 heterocycles. The lowest BCUT2D eigenvalue weighted by Crippen LogP contribution is -2.26. The molecule has 1 aromatic rings. The third-order valence-electron chi connectivity index (χ3n) is 2.62. The van der Waals surface area contributed by atoms with Crippen molar-refractivity contribution in [3.63, 3.8) is 0 Å². The number of hydrogen-bond donors (Lipinski definition) is 1. The summed E-state index contributed by atoms with van der Waals surface area (Å²) in [5.41, 5.74) is 1.13. The first-order valence-corrected chi connectivity index (χ1v) is 7.44. The van der Waals surface area contributed by atoms with Crippen LogP contribution < -0.4 is 10.2 Å². The van der Waals surface area contributed by atoms with E-state index >= 15 is 0 Å². The van der Waals surface area contributed by atoms with E-state index in [1.807, 2.05) is 0 Å². The molecule has 18 heavy (non-hydrogen) atoms. The van der Waals surface area contributed by atoms with Crippen molar-refractivity contribution in [2.75, 3.05) is 38.3 Å². The number of hydrogen-bond acceptors (Lipinski definition) is 5. The molecular formula is C13H25N3OS. The highest BCUT2D eigenvalue weighted by Gasteiger charge is 2.09. The SMILES string of the molecule is CCN(CCOC)c1nc(CNCC(C)C)cs1. The molecule has 0 saturated carbocycles. The average Bonchev–Trinajstić information content (AvgIpc) is 2.78. The maximum atomic E-state index is 5.12. The number of nitrogens with one attached hydrogen (secondary N) is 1. The van der Waals surface area contributed by atoms with Gasteiger partial charge >= 0.3 is 0 Å². The third-order valence-corrected chi connectivity index (χ3v) is 3.57. The van der Waals surface area contributed by atoms with Crippen molar-refractivity contribution in [1.82, 2.24) is 10.3 Å². The molecule has 0 aliphatic rings. The van der Waals surface area contributed by atoms with Crippen molar-refractivity contribution < 1.29 is 4.74 Å². The summed E-state index contributed by atoms with van der Waals surface area (Å²) in [6, 6.07) is 0. The molecule has 0 aliphatic carbocycles. The zero-order chi connectivity index (χ0) is 13.4. The van der Waals surface area contributed by atoms with Crippen molar-refractivity contribution in [3.05, 3.63) is 11.1 Å². The van der Waals surface area contributed by atoms with Gasteiger partial charge in [-0.25, -0.2) is 4.98 Å². The molecule has 0 radical (unpaired) electrons. The summed E-state index contributed by atoms with van der Waals surface area (Å²) in [4.78, 5) is 6.91. The molecule has 0 saturated heterocycles. The van der Waals surface area contributed by atoms with Crippen LogP contribution in [-0.2, 0) is 11.3 Å². The Bertz CT molecular complexity index is 328. The van der Waals surface area contributed by atoms with E-state index in [4.69, 9.17) is 4.74 Å². The second-order valence-electron chi connectivity index (χ2n) is 4.72. The topological polar surface area (TPSA) is 37.4 Å². The standard InChI is InChI=1S/C13H25N3OS/c1-5-16(6-7-17-4)13-15-12(10-18-13)9-14-8-11(2)3/h10-11,14H,5-9H2,1-4H3. The van der Waals surface area contributed by atoms with Crippen LogP contribution in [0.4, 0.5) is 5.13 Å². The Morgan fingerprint density at radius 3 is 2.89 bits per heavy atom. The molecule has 0 atom stereocenters. The Kier molecular flexibility index (Phi) is 7.23. The van der Waals surface area contributed by atoms with Crippen LogP contribution in [-0.4, -0.2) is 38.3 Å². The highest BCUT2D eigenvalue weighted by atomic mass is 32.1. The Balaban J connectivity index is 2.45. The van der Waals surface area contributed by atoms with Crippen molar-refractivity contribution in [2.24, 2.45) is 5.92 Å². The molecule has 4 nitrogen and oxygen atoms in total. The van der Waals surface area contributed by atoms with Gasteiger partial charge in [-0.15, -0.1) is 11.3 Å². The molecule has 0 aliphatic heterocycles. The molecule has 1 aromatic heterocycles. The van der Waals surface area contributed by atoms with Crippen LogP contribution in [0.3, 0.4) is 0 Å². The van der Waals surface area contributed by atoms with Crippen molar-refractivity contribution in [3.8, 4) is 0 Å². The highest BCUT2D eigenvalue weighted by molar-refractivity contribution is 7.13. The number of thiazole rings is 1. The molecule has 0 amide bonds. The van der Waals surface area contributed by atoms with Crippen LogP contribution in [0.2, 0.25) is 0 Å². The van der Waals surface area contributed by atoms with Gasteiger partial charge in [0.2, 0.25) is 0 Å². The summed E-state index contributed by atoms with van der Waals surface area (Å²) in [5.74, 6) is 0.678. The Labute approximate surface area is 114 Å². The lowest BCUT2D eigenvalue weighted by Gasteiger charge is -2.18. The summed E-state index contributed by atoms with van der Waals surface area (Å²) in [7, 11) is 1.73. The minimum absolute atomic E-state index is 0.678. The largest absolute Gasteiger partial charge is 0.383 e. The number of nitrogens with zero attached hydrogens (tertiary/aromatic N) is 2. The van der Waals surface area contributed by atoms with Gasteiger partial charge in [0.15, 0.2) is 5.13 Å². The van der Waals surface area contributed by atoms with Crippen LogP contribution in [0.1, 0.15) is 26.5 Å². The van der Waals surface area contributed by atoms with E-state index in [2.05, 4.69) is 41.4 Å². The quantitative estimate of drug-likeness (QED) is 0.748. The molecule has 0 bridgehead atoms. The van der Waals surface area contributed by atoms with Crippen LogP contribution >= 0.6 is 11.3 Å². The molecule has 0 unspecified atom stereocenters. The summed E-state index contributed by atoms with van der Waals surface area (Å²) in [6.45, 7) is 11.1. The lowest BCUT2D eigenvalue weighted by molar-refractivity contribution is 0.205. The summed E-state index contributed by atoms with van der Waals surface area (Å²) < 4.78 is 5.12. The predicted molar refractivity (Wildman–Crippen MR) is 78.4 cm³/mol. The second kappa shape index (κ2) is 8.45. The van der Waals surface area contributed by atoms with Crippen molar-refractivity contribution >= 4 is 16.5 Å². The third kappa shape index (κ3) is 5.33. The molecule has 104 valence electrons. The predicted octanol–water partition coefficient (Wildman–Crippen LogP) is 2.36. The Morgan fingerprint density at radius 1 is 1.50 bits per heavy atom. The zero-order valence-electron chi connectivity index (χ0n) is 11.9. The smallest absolute Gasteiger partial charge is 0.185 e. The fourth-order valence-electron chi connectivity index (χ4n) is 1.60. The zero-order valence-corrected chi connectivity index (χ0v) is 12.7. The van der Waals surface area contributed by atoms with Crippen LogP contribution in [0.5, 0.6) is 0 Å². The first kappa shape index (κ1) is 15.4. The van der Waals surface area contributed by atoms with E-state index in [0.29, 0.717) is 5.92 Å². The highest BCUT2D eigenvalue weighted by Crippen LogP contribution is 2.20. The summed E-state index contributed by atoms with van der Waals surface area (Å²) in [6.07, 6.45) is 0. The van der Waals surface area contributed by atoms with Gasteiger partial charge in [0, 0.05) is 32.1 Å². The molecule has 0 fully saturated rings. The van der Waals surface area contributed by atoms with Gasteiger partial charge in [-0.1, -0.05) is 13.8 Å². The maximum Gasteiger partial charge on any atom is 0.185 e. The monoisotopic (exact) mass is 271 g/mol. The van der Waals surface area contributed by atoms with Crippen molar-refractivity contribution in [1.29, 1.82) is 0 Å². The number of rotatable bonds is 9. The molecule has 1 N–H and O–H groups in total. The van der Waals surface area contributed by atoms with Gasteiger partial charge < -0.3 is 15.0 Å². The number of likely N-dealkylation sites (N-methyl/N-ethyl adjacent to an activating group) is 1. The number of ether oxygens (including phenoxy) is 1. The van der Waals surface area contributed by atoms with Gasteiger partial charge in [-0.05, 0) is 19.4 Å². The fourth-order valence-corrected chi connectivity index (χ4v) is 2.52. The van der Waals surface area contributed by atoms with E-state index in [1.165, 1.54) is 0 Å². The number of aromatic nitrogens is 1. The Hall–Kier alpha value is -0.650. The molecular weight excluding hydrogens is 246 g/mol. The molecule has 0 aromatic carbocycles. The van der Waals surface area contributed by atoms with Gasteiger partial charge in [0.25, 0.3) is 0 Å². The number of anilines is 1. The van der Waals surface area contributed by atoms with Gasteiger partial charge in [0.05, 0.1) is 12.3 Å². The Morgan fingerprint density at radius 2 is 2.28 bits per heavy atom. The van der Waals surface area contributed by atoms with Gasteiger partial charge in [-0.2, -0.15) is 0 Å². The average molecular weight is 271 g/mol. The van der Waals surface area contributed by atoms with Crippen LogP contribution in [0.15, 0.2) is 5.38 Å². The summed E-state index contributed by atoms with van der Waals surface area (Å²) in [5, 5.41) is 6.65. The van der Waals surface area contributed by atoms with Crippen LogP contribution in [0.25, 0.3) is 0 Å². The minimum Gasteiger partial charge on any atom is -0.383 e. The van der Waals surface area contributed by atoms with Crippen LogP contribution in [0, 0.1) is 5.92 Å². The molecule has 5 heteroatoms. The lowest BCUT2D eigenvalue weighted by atomic mass is 10.2. The normalized spacial score (nSPS) is 11.2. The van der Waals surface area contributed by atoms with E-state index in [0.717, 1.165) is 43.6 Å². The first-order chi connectivity index (χ1) is 8.67. The van der Waals surface area contributed by atoms with E-state index in [9.17, 15) is 0 Å². The van der Waals surface area contributed by atoms with E-state index in [-0.39, 0.29) is 0 Å². The van der Waals surface area contributed by atoms with E-state index < -0.39 is 0 Å².